The zero-order valence-electron chi connectivity index (χ0n) is 16.7. The first kappa shape index (κ1) is 24.8. The summed E-state index contributed by atoms with van der Waals surface area (Å²) in [5.41, 5.74) is 1.67. The molecule has 0 unspecified atom stereocenters. The van der Waals surface area contributed by atoms with E-state index in [1.807, 2.05) is 0 Å². The van der Waals surface area contributed by atoms with Gasteiger partial charge in [-0.25, -0.2) is 8.78 Å². The van der Waals surface area contributed by atoms with Gasteiger partial charge in [-0.05, 0) is 29.8 Å². The molecule has 0 aliphatic carbocycles. The van der Waals surface area contributed by atoms with Gasteiger partial charge in [0.15, 0.2) is 5.96 Å². The van der Waals surface area contributed by atoms with Crippen LogP contribution in [0, 0.1) is 11.6 Å². The number of nitrogens with one attached hydrogen (secondary N) is 1. The Bertz CT molecular complexity index is 856. The van der Waals surface area contributed by atoms with E-state index in [9.17, 15) is 13.9 Å². The minimum Gasteiger partial charge on any atom is -0.392 e. The SMILES string of the molecule is CN=C(NCc1ccc(F)c(CO)c1)N1CCN(Cc2c(F)cccc2Cl)CC1.I. The minimum atomic E-state index is -0.410. The molecule has 2 aromatic rings. The van der Waals surface area contributed by atoms with Crippen molar-refractivity contribution in [2.75, 3.05) is 33.2 Å². The first-order chi connectivity index (χ1) is 14.0. The quantitative estimate of drug-likeness (QED) is 0.339. The predicted octanol–water partition coefficient (Wildman–Crippen LogP) is 3.62. The summed E-state index contributed by atoms with van der Waals surface area (Å²) in [5.74, 6) is 0.0640. The monoisotopic (exact) mass is 550 g/mol. The van der Waals surface area contributed by atoms with Crippen molar-refractivity contribution in [3.8, 4) is 0 Å². The summed E-state index contributed by atoms with van der Waals surface area (Å²) in [7, 11) is 1.72. The van der Waals surface area contributed by atoms with Crippen LogP contribution in [0.2, 0.25) is 5.02 Å². The van der Waals surface area contributed by atoms with Crippen molar-refractivity contribution in [2.24, 2.45) is 4.99 Å². The summed E-state index contributed by atoms with van der Waals surface area (Å²) >= 11 is 6.14. The van der Waals surface area contributed by atoms with Crippen molar-refractivity contribution < 1.29 is 13.9 Å². The maximum absolute atomic E-state index is 14.0. The largest absolute Gasteiger partial charge is 0.392 e. The lowest BCUT2D eigenvalue weighted by atomic mass is 10.1. The lowest BCUT2D eigenvalue weighted by molar-refractivity contribution is 0.171. The molecule has 1 aliphatic heterocycles. The average molecular weight is 551 g/mol. The maximum atomic E-state index is 14.0. The molecule has 5 nitrogen and oxygen atoms in total. The van der Waals surface area contributed by atoms with Crippen molar-refractivity contribution in [3.63, 3.8) is 0 Å². The Morgan fingerprint density at radius 3 is 2.50 bits per heavy atom. The van der Waals surface area contributed by atoms with Gasteiger partial charge in [0.2, 0.25) is 0 Å². The van der Waals surface area contributed by atoms with E-state index in [2.05, 4.69) is 20.1 Å². The molecule has 3 rings (SSSR count). The summed E-state index contributed by atoms with van der Waals surface area (Å²) in [5, 5.41) is 12.9. The molecule has 1 fully saturated rings. The average Bonchev–Trinajstić information content (AvgIpc) is 2.73. The van der Waals surface area contributed by atoms with E-state index in [0.29, 0.717) is 23.7 Å². The number of hydrogen-bond acceptors (Lipinski definition) is 3. The van der Waals surface area contributed by atoms with Gasteiger partial charge in [0.1, 0.15) is 11.6 Å². The molecule has 0 spiro atoms. The fraction of sp³-hybridized carbons (Fsp3) is 0.381. The fourth-order valence-electron chi connectivity index (χ4n) is 3.40. The number of nitrogens with zero attached hydrogens (tertiary/aromatic N) is 3. The van der Waals surface area contributed by atoms with Crippen molar-refractivity contribution >= 4 is 41.5 Å². The van der Waals surface area contributed by atoms with Gasteiger partial charge in [-0.15, -0.1) is 24.0 Å². The van der Waals surface area contributed by atoms with Gasteiger partial charge in [0, 0.05) is 62.5 Å². The lowest BCUT2D eigenvalue weighted by Gasteiger charge is -2.36. The highest BCUT2D eigenvalue weighted by Crippen LogP contribution is 2.21. The molecule has 0 bridgehead atoms. The van der Waals surface area contributed by atoms with E-state index in [0.717, 1.165) is 37.7 Å². The number of aliphatic hydroxyl groups excluding tert-OH is 1. The number of aliphatic hydroxyl groups is 1. The van der Waals surface area contributed by atoms with E-state index < -0.39 is 5.82 Å². The fourth-order valence-corrected chi connectivity index (χ4v) is 3.62. The number of piperazine rings is 1. The topological polar surface area (TPSA) is 51.1 Å². The number of hydrogen-bond donors (Lipinski definition) is 2. The second-order valence-electron chi connectivity index (χ2n) is 6.95. The molecule has 0 amide bonds. The molecule has 2 N–H and O–H groups in total. The normalized spacial score (nSPS) is 15.1. The van der Waals surface area contributed by atoms with E-state index >= 15 is 0 Å². The van der Waals surface area contributed by atoms with Crippen molar-refractivity contribution in [1.82, 2.24) is 15.1 Å². The highest BCUT2D eigenvalue weighted by molar-refractivity contribution is 14.0. The molecule has 1 heterocycles. The van der Waals surface area contributed by atoms with Crippen molar-refractivity contribution in [2.45, 2.75) is 19.7 Å². The first-order valence-electron chi connectivity index (χ1n) is 9.51. The highest BCUT2D eigenvalue weighted by atomic mass is 127. The Labute approximate surface area is 197 Å². The first-order valence-corrected chi connectivity index (χ1v) is 9.88. The molecule has 0 aromatic heterocycles. The Morgan fingerprint density at radius 2 is 1.87 bits per heavy atom. The van der Waals surface area contributed by atoms with Crippen LogP contribution in [0.25, 0.3) is 0 Å². The van der Waals surface area contributed by atoms with Gasteiger partial charge in [0.05, 0.1) is 6.61 Å². The molecule has 0 saturated carbocycles. The molecule has 164 valence electrons. The number of rotatable bonds is 5. The summed E-state index contributed by atoms with van der Waals surface area (Å²) in [4.78, 5) is 8.64. The summed E-state index contributed by atoms with van der Waals surface area (Å²) in [6.45, 7) is 3.64. The smallest absolute Gasteiger partial charge is 0.194 e. The van der Waals surface area contributed by atoms with E-state index in [1.165, 1.54) is 12.1 Å². The van der Waals surface area contributed by atoms with Gasteiger partial charge >= 0.3 is 0 Å². The Hall–Kier alpha value is -1.49. The molecule has 1 aliphatic rings. The molecular weight excluding hydrogens is 525 g/mol. The van der Waals surface area contributed by atoms with Crippen LogP contribution in [0.4, 0.5) is 8.78 Å². The van der Waals surface area contributed by atoms with Crippen LogP contribution in [0.1, 0.15) is 16.7 Å². The summed E-state index contributed by atoms with van der Waals surface area (Å²) in [6.07, 6.45) is 0. The second kappa shape index (κ2) is 11.8. The second-order valence-corrected chi connectivity index (χ2v) is 7.36. The summed E-state index contributed by atoms with van der Waals surface area (Å²) in [6, 6.07) is 9.44. The van der Waals surface area contributed by atoms with Crippen LogP contribution in [0.15, 0.2) is 41.4 Å². The van der Waals surface area contributed by atoms with E-state index in [-0.39, 0.29) is 42.0 Å². The molecular formula is C21H26ClF2IN4O. The van der Waals surface area contributed by atoms with Crippen molar-refractivity contribution in [1.29, 1.82) is 0 Å². The van der Waals surface area contributed by atoms with Gasteiger partial charge < -0.3 is 15.3 Å². The third kappa shape index (κ3) is 6.26. The molecule has 2 aromatic carbocycles. The number of guanidine groups is 1. The standard InChI is InChI=1S/C21H25ClF2N4O.HI/c1-25-21(26-12-15-5-6-19(23)16(11-15)14-29)28-9-7-27(8-10-28)13-17-18(22)3-2-4-20(17)24;/h2-6,11,29H,7-10,12-14H2,1H3,(H,25,26);1H. The van der Waals surface area contributed by atoms with Crippen LogP contribution < -0.4 is 5.32 Å². The zero-order valence-corrected chi connectivity index (χ0v) is 19.8. The van der Waals surface area contributed by atoms with Crippen LogP contribution in [-0.2, 0) is 19.7 Å². The third-order valence-electron chi connectivity index (χ3n) is 5.06. The van der Waals surface area contributed by atoms with Crippen LogP contribution in [0.3, 0.4) is 0 Å². The lowest BCUT2D eigenvalue weighted by Crippen LogP contribution is -2.52. The molecule has 30 heavy (non-hydrogen) atoms. The van der Waals surface area contributed by atoms with Crippen molar-refractivity contribution in [3.05, 3.63) is 69.7 Å². The third-order valence-corrected chi connectivity index (χ3v) is 5.41. The Kier molecular flexibility index (Phi) is 9.73. The van der Waals surface area contributed by atoms with E-state index in [1.54, 1.807) is 31.3 Å². The van der Waals surface area contributed by atoms with Crippen LogP contribution >= 0.6 is 35.6 Å². The number of halogens is 4. The van der Waals surface area contributed by atoms with Gasteiger partial charge in [-0.3, -0.25) is 9.89 Å². The minimum absolute atomic E-state index is 0. The molecule has 0 atom stereocenters. The zero-order chi connectivity index (χ0) is 20.8. The Morgan fingerprint density at radius 1 is 1.13 bits per heavy atom. The summed E-state index contributed by atoms with van der Waals surface area (Å²) < 4.78 is 27.5. The van der Waals surface area contributed by atoms with E-state index in [4.69, 9.17) is 11.6 Å². The van der Waals surface area contributed by atoms with Gasteiger partial charge in [-0.1, -0.05) is 23.7 Å². The Balaban J connectivity index is 0.00000320. The maximum Gasteiger partial charge on any atom is 0.194 e. The molecule has 1 saturated heterocycles. The molecule has 9 heteroatoms. The predicted molar refractivity (Wildman–Crippen MR) is 126 cm³/mol. The number of benzene rings is 2. The van der Waals surface area contributed by atoms with Gasteiger partial charge in [-0.2, -0.15) is 0 Å². The number of aliphatic imine (C=N–C) groups is 1. The van der Waals surface area contributed by atoms with Gasteiger partial charge in [0.25, 0.3) is 0 Å². The molecule has 0 radical (unpaired) electrons. The van der Waals surface area contributed by atoms with Crippen LogP contribution in [-0.4, -0.2) is 54.1 Å². The van der Waals surface area contributed by atoms with Crippen LogP contribution in [0.5, 0.6) is 0 Å². The highest BCUT2D eigenvalue weighted by Gasteiger charge is 2.21.